The summed E-state index contributed by atoms with van der Waals surface area (Å²) in [5.74, 6) is -0.159. The summed E-state index contributed by atoms with van der Waals surface area (Å²) < 4.78 is 38.6. The van der Waals surface area contributed by atoms with Gasteiger partial charge in [0.2, 0.25) is 0 Å². The maximum absolute atomic E-state index is 12.9. The number of anilines is 1. The second kappa shape index (κ2) is 6.82. The molecule has 1 aliphatic carbocycles. The number of rotatable bonds is 4. The maximum atomic E-state index is 12.9. The van der Waals surface area contributed by atoms with Crippen LogP contribution < -0.4 is 5.32 Å². The van der Waals surface area contributed by atoms with Crippen LogP contribution in [0.3, 0.4) is 0 Å². The van der Waals surface area contributed by atoms with E-state index < -0.39 is 23.1 Å². The summed E-state index contributed by atoms with van der Waals surface area (Å²) in [6, 6.07) is 4.20. The Kier molecular flexibility index (Phi) is 4.55. The van der Waals surface area contributed by atoms with Gasteiger partial charge in [-0.05, 0) is 37.1 Å². The molecule has 152 valence electrons. The maximum Gasteiger partial charge on any atom is 0.416 e. The van der Waals surface area contributed by atoms with E-state index in [0.717, 1.165) is 12.1 Å². The average Bonchev–Trinajstić information content (AvgIpc) is 2.66. The zero-order valence-corrected chi connectivity index (χ0v) is 15.0. The minimum Gasteiger partial charge on any atom is -0.507 e. The predicted molar refractivity (Wildman–Crippen MR) is 98.1 cm³/mol. The van der Waals surface area contributed by atoms with Crippen LogP contribution in [0, 0.1) is 0 Å². The number of hydrogen-bond acceptors (Lipinski definition) is 7. The van der Waals surface area contributed by atoms with Crippen molar-refractivity contribution in [3.05, 3.63) is 42.2 Å². The van der Waals surface area contributed by atoms with E-state index in [2.05, 4.69) is 20.5 Å². The van der Waals surface area contributed by atoms with Gasteiger partial charge in [0.1, 0.15) is 11.4 Å². The van der Waals surface area contributed by atoms with Crippen LogP contribution in [0.15, 0.2) is 36.7 Å². The number of hydrogen-bond donors (Lipinski definition) is 4. The van der Waals surface area contributed by atoms with Crippen molar-refractivity contribution in [3.63, 3.8) is 0 Å². The fourth-order valence-electron chi connectivity index (χ4n) is 3.49. The topological polar surface area (TPSA) is 111 Å². The van der Waals surface area contributed by atoms with Crippen molar-refractivity contribution in [1.29, 1.82) is 0 Å². The fourth-order valence-corrected chi connectivity index (χ4v) is 3.49. The monoisotopic (exact) mass is 406 g/mol. The van der Waals surface area contributed by atoms with Crippen LogP contribution in [0.25, 0.3) is 22.0 Å². The first kappa shape index (κ1) is 19.3. The van der Waals surface area contributed by atoms with Gasteiger partial charge in [0.25, 0.3) is 0 Å². The average molecular weight is 406 g/mol. The quantitative estimate of drug-likeness (QED) is 0.527. The van der Waals surface area contributed by atoms with Crippen molar-refractivity contribution in [3.8, 4) is 17.0 Å². The fraction of sp³-hybridized carbons (Fsp3) is 0.316. The molecule has 0 amide bonds. The second-order valence-corrected chi connectivity index (χ2v) is 7.18. The van der Waals surface area contributed by atoms with Crippen molar-refractivity contribution in [2.75, 3.05) is 11.9 Å². The highest BCUT2D eigenvalue weighted by molar-refractivity contribution is 6.00. The van der Waals surface area contributed by atoms with E-state index in [1.807, 2.05) is 0 Å². The lowest BCUT2D eigenvalue weighted by atomic mass is 9.76. The molecular formula is C19H17F3N4O3. The molecule has 2 aromatic heterocycles. The highest BCUT2D eigenvalue weighted by Gasteiger charge is 2.42. The van der Waals surface area contributed by atoms with Gasteiger partial charge >= 0.3 is 6.18 Å². The Morgan fingerprint density at radius 3 is 2.55 bits per heavy atom. The first-order valence-electron chi connectivity index (χ1n) is 8.81. The number of aliphatic hydroxyl groups is 2. The van der Waals surface area contributed by atoms with Crippen LogP contribution in [-0.4, -0.2) is 48.8 Å². The summed E-state index contributed by atoms with van der Waals surface area (Å²) in [6.45, 7) is -0.328. The molecule has 0 saturated heterocycles. The molecular weight excluding hydrogens is 389 g/mol. The van der Waals surface area contributed by atoms with Gasteiger partial charge in [-0.1, -0.05) is 0 Å². The molecule has 29 heavy (non-hydrogen) atoms. The molecule has 4 N–H and O–H groups in total. The standard InChI is InChI=1S/C19H17F3N4O3/c20-19(21,22)10-1-2-13(15(28)5-10)16-12-3-4-23-8-14(12)17(26-25-16)24-11-6-18(29,7-11)9-27/h1-5,8,11,27-29H,6-7,9H2,(H,24,26)/t11-,18-. The lowest BCUT2D eigenvalue weighted by Gasteiger charge is -2.42. The summed E-state index contributed by atoms with van der Waals surface area (Å²) in [5, 5.41) is 41.7. The van der Waals surface area contributed by atoms with E-state index >= 15 is 0 Å². The van der Waals surface area contributed by atoms with Crippen LogP contribution >= 0.6 is 0 Å². The second-order valence-electron chi connectivity index (χ2n) is 7.18. The van der Waals surface area contributed by atoms with Crippen molar-refractivity contribution in [2.45, 2.75) is 30.7 Å². The molecule has 0 atom stereocenters. The normalized spacial score (nSPS) is 21.8. The summed E-state index contributed by atoms with van der Waals surface area (Å²) in [4.78, 5) is 4.06. The van der Waals surface area contributed by atoms with E-state index in [-0.39, 0.29) is 23.9 Å². The van der Waals surface area contributed by atoms with Crippen molar-refractivity contribution < 1.29 is 28.5 Å². The Morgan fingerprint density at radius 2 is 1.90 bits per heavy atom. The number of aromatic nitrogens is 3. The van der Waals surface area contributed by atoms with Crippen LogP contribution in [0.4, 0.5) is 19.0 Å². The summed E-state index contributed by atoms with van der Waals surface area (Å²) in [5.41, 5.74) is -1.73. The van der Waals surface area contributed by atoms with E-state index in [9.17, 15) is 23.4 Å². The van der Waals surface area contributed by atoms with Gasteiger partial charge in [0.05, 0.1) is 17.8 Å². The predicted octanol–water partition coefficient (Wildman–Crippen LogP) is 2.71. The third-order valence-corrected chi connectivity index (χ3v) is 5.05. The van der Waals surface area contributed by atoms with Crippen molar-refractivity contribution in [1.82, 2.24) is 15.2 Å². The largest absolute Gasteiger partial charge is 0.507 e. The van der Waals surface area contributed by atoms with E-state index in [1.165, 1.54) is 12.4 Å². The number of nitrogens with zero attached hydrogens (tertiary/aromatic N) is 3. The smallest absolute Gasteiger partial charge is 0.416 e. The Labute approximate surface area is 162 Å². The molecule has 4 rings (SSSR count). The van der Waals surface area contributed by atoms with Crippen LogP contribution in [-0.2, 0) is 6.18 Å². The molecule has 1 fully saturated rings. The summed E-state index contributed by atoms with van der Waals surface area (Å²) >= 11 is 0. The van der Waals surface area contributed by atoms with Gasteiger partial charge in [-0.25, -0.2) is 0 Å². The number of alkyl halides is 3. The number of aromatic hydroxyl groups is 1. The summed E-state index contributed by atoms with van der Waals surface area (Å²) in [7, 11) is 0. The van der Waals surface area contributed by atoms with Crippen LogP contribution in [0.1, 0.15) is 18.4 Å². The molecule has 1 saturated carbocycles. The van der Waals surface area contributed by atoms with E-state index in [0.29, 0.717) is 35.5 Å². The number of halogens is 3. The minimum absolute atomic E-state index is 0.116. The van der Waals surface area contributed by atoms with Gasteiger partial charge in [-0.3, -0.25) is 4.98 Å². The molecule has 1 aliphatic rings. The number of nitrogens with one attached hydrogen (secondary N) is 1. The molecule has 1 aromatic carbocycles. The van der Waals surface area contributed by atoms with Crippen LogP contribution in [0.2, 0.25) is 0 Å². The van der Waals surface area contributed by atoms with E-state index in [4.69, 9.17) is 5.11 Å². The van der Waals surface area contributed by atoms with Crippen molar-refractivity contribution >= 4 is 16.6 Å². The number of phenols is 1. The van der Waals surface area contributed by atoms with Gasteiger partial charge in [0.15, 0.2) is 5.82 Å². The SMILES string of the molecule is OC[C@]1(O)C[C@H](Nc2nnc(-c3ccc(C(F)(F)F)cc3O)c3ccncc23)C1. The van der Waals surface area contributed by atoms with E-state index in [1.54, 1.807) is 6.07 Å². The highest BCUT2D eigenvalue weighted by Crippen LogP contribution is 2.39. The molecule has 2 heterocycles. The minimum atomic E-state index is -4.57. The molecule has 10 heteroatoms. The number of pyridine rings is 1. The van der Waals surface area contributed by atoms with Gasteiger partial charge in [-0.15, -0.1) is 10.2 Å². The molecule has 0 spiro atoms. The molecule has 0 unspecified atom stereocenters. The Balaban J connectivity index is 1.71. The van der Waals surface area contributed by atoms with Crippen LogP contribution in [0.5, 0.6) is 5.75 Å². The zero-order valence-electron chi connectivity index (χ0n) is 15.0. The number of fused-ring (bicyclic) bond motifs is 1. The van der Waals surface area contributed by atoms with Gasteiger partial charge in [0, 0.05) is 34.8 Å². The Bertz CT molecular complexity index is 1070. The first-order chi connectivity index (χ1) is 13.7. The third-order valence-electron chi connectivity index (χ3n) is 5.05. The molecule has 0 bridgehead atoms. The molecule has 0 radical (unpaired) electrons. The Morgan fingerprint density at radius 1 is 1.14 bits per heavy atom. The number of aliphatic hydroxyl groups excluding tert-OH is 1. The number of phenolic OH excluding ortho intramolecular Hbond substituents is 1. The first-order valence-corrected chi connectivity index (χ1v) is 8.81. The Hall–Kier alpha value is -2.98. The molecule has 7 nitrogen and oxygen atoms in total. The lowest BCUT2D eigenvalue weighted by molar-refractivity contribution is -0.137. The zero-order chi connectivity index (χ0) is 20.8. The third kappa shape index (κ3) is 3.56. The molecule has 0 aliphatic heterocycles. The molecule has 3 aromatic rings. The highest BCUT2D eigenvalue weighted by atomic mass is 19.4. The van der Waals surface area contributed by atoms with Crippen molar-refractivity contribution in [2.24, 2.45) is 0 Å². The van der Waals surface area contributed by atoms with Gasteiger partial charge < -0.3 is 20.6 Å². The number of benzene rings is 1. The lowest BCUT2D eigenvalue weighted by Crippen LogP contribution is -2.53. The summed E-state index contributed by atoms with van der Waals surface area (Å²) in [6.07, 6.45) is -0.844. The van der Waals surface area contributed by atoms with Gasteiger partial charge in [-0.2, -0.15) is 13.2 Å².